The van der Waals surface area contributed by atoms with Crippen LogP contribution in [0.1, 0.15) is 12.8 Å². The zero-order valence-corrected chi connectivity index (χ0v) is 17.2. The van der Waals surface area contributed by atoms with E-state index < -0.39 is 17.6 Å². The predicted octanol–water partition coefficient (Wildman–Crippen LogP) is 4.15. The molecule has 1 heterocycles. The van der Waals surface area contributed by atoms with Gasteiger partial charge in [0.05, 0.1) is 17.3 Å². The summed E-state index contributed by atoms with van der Waals surface area (Å²) in [5.74, 6) is -1.82. The number of ether oxygens (including phenoxy) is 1. The fraction of sp³-hybridized carbons (Fsp3) is 0.250. The van der Waals surface area contributed by atoms with Crippen LogP contribution in [0.15, 0.2) is 52.4 Å². The summed E-state index contributed by atoms with van der Waals surface area (Å²) in [6, 6.07) is 11.7. The monoisotopic (exact) mass is 436 g/mol. The number of methoxy groups -OCH3 is 1. The van der Waals surface area contributed by atoms with Crippen LogP contribution >= 0.6 is 23.1 Å². The Hall–Kier alpha value is -2.52. The third kappa shape index (κ3) is 5.51. The van der Waals surface area contributed by atoms with Crippen molar-refractivity contribution in [3.63, 3.8) is 0 Å². The van der Waals surface area contributed by atoms with Crippen molar-refractivity contribution < 1.29 is 23.1 Å². The molecule has 3 aromatic rings. The van der Waals surface area contributed by atoms with Crippen LogP contribution in [0.25, 0.3) is 10.2 Å². The van der Waals surface area contributed by atoms with Crippen LogP contribution in [0.2, 0.25) is 0 Å². The van der Waals surface area contributed by atoms with E-state index in [1.54, 1.807) is 11.8 Å². The minimum atomic E-state index is -0.826. The number of thiazole rings is 1. The highest BCUT2D eigenvalue weighted by Gasteiger charge is 2.16. The van der Waals surface area contributed by atoms with Gasteiger partial charge in [0.25, 0.3) is 0 Å². The van der Waals surface area contributed by atoms with Gasteiger partial charge in [-0.2, -0.15) is 4.99 Å². The van der Waals surface area contributed by atoms with E-state index in [-0.39, 0.29) is 33.9 Å². The minimum Gasteiger partial charge on any atom is -0.468 e. The van der Waals surface area contributed by atoms with E-state index in [0.717, 1.165) is 34.1 Å². The number of thioether (sulfide) groups is 1. The first-order valence-corrected chi connectivity index (χ1v) is 10.6. The van der Waals surface area contributed by atoms with E-state index >= 15 is 0 Å². The van der Waals surface area contributed by atoms with Crippen molar-refractivity contribution in [2.24, 2.45) is 4.99 Å². The molecule has 0 fully saturated rings. The zero-order valence-electron chi connectivity index (χ0n) is 15.6. The Morgan fingerprint density at radius 2 is 1.97 bits per heavy atom. The lowest BCUT2D eigenvalue weighted by atomic mass is 10.3. The molecule has 29 heavy (non-hydrogen) atoms. The first-order chi connectivity index (χ1) is 14.0. The topological polar surface area (TPSA) is 60.7 Å². The summed E-state index contributed by atoms with van der Waals surface area (Å²) >= 11 is 2.59. The van der Waals surface area contributed by atoms with Crippen LogP contribution < -0.4 is 4.80 Å². The molecule has 3 rings (SSSR count). The molecule has 0 aliphatic rings. The van der Waals surface area contributed by atoms with E-state index in [4.69, 9.17) is 0 Å². The van der Waals surface area contributed by atoms with Crippen LogP contribution in [0.3, 0.4) is 0 Å². The number of hydrogen-bond donors (Lipinski definition) is 0. The molecule has 0 saturated carbocycles. The summed E-state index contributed by atoms with van der Waals surface area (Å²) in [6.07, 6.45) is 0.829. The molecule has 0 radical (unpaired) electrons. The Morgan fingerprint density at radius 3 is 2.69 bits per heavy atom. The molecule has 0 aliphatic heterocycles. The number of benzene rings is 2. The summed E-state index contributed by atoms with van der Waals surface area (Å²) in [7, 11) is 1.21. The molecule has 0 N–H and O–H groups in total. The molecule has 5 nitrogen and oxygen atoms in total. The maximum absolute atomic E-state index is 14.3. The smallest absolute Gasteiger partial charge is 0.325 e. The van der Waals surface area contributed by atoms with E-state index in [1.165, 1.54) is 11.7 Å². The lowest BCUT2D eigenvalue weighted by molar-refractivity contribution is -0.141. The summed E-state index contributed by atoms with van der Waals surface area (Å²) < 4.78 is 34.0. The maximum atomic E-state index is 14.3. The lowest BCUT2D eigenvalue weighted by Crippen LogP contribution is -2.22. The molecule has 0 spiro atoms. The van der Waals surface area contributed by atoms with Crippen LogP contribution in [0, 0.1) is 11.6 Å². The van der Waals surface area contributed by atoms with Gasteiger partial charge in [0.15, 0.2) is 10.6 Å². The number of amides is 1. The average Bonchev–Trinajstić information content (AvgIpc) is 3.02. The van der Waals surface area contributed by atoms with Crippen LogP contribution in [0.4, 0.5) is 8.78 Å². The van der Waals surface area contributed by atoms with Gasteiger partial charge in [-0.3, -0.25) is 9.59 Å². The van der Waals surface area contributed by atoms with Crippen molar-refractivity contribution in [3.8, 4) is 0 Å². The van der Waals surface area contributed by atoms with Gasteiger partial charge >= 0.3 is 5.97 Å². The van der Waals surface area contributed by atoms with Gasteiger partial charge in [0, 0.05) is 17.4 Å². The second-order valence-corrected chi connectivity index (χ2v) is 8.23. The van der Waals surface area contributed by atoms with E-state index in [2.05, 4.69) is 9.73 Å². The van der Waals surface area contributed by atoms with Gasteiger partial charge in [-0.15, -0.1) is 11.8 Å². The molecule has 1 aromatic heterocycles. The second-order valence-electron chi connectivity index (χ2n) is 6.05. The normalized spacial score (nSPS) is 11.8. The van der Waals surface area contributed by atoms with Crippen molar-refractivity contribution in [1.82, 2.24) is 4.57 Å². The van der Waals surface area contributed by atoms with Crippen molar-refractivity contribution in [2.75, 3.05) is 12.9 Å². The Balaban J connectivity index is 1.78. The molecule has 0 bridgehead atoms. The number of hydrogen-bond acceptors (Lipinski definition) is 5. The molecule has 0 unspecified atom stereocenters. The van der Waals surface area contributed by atoms with Gasteiger partial charge in [0.2, 0.25) is 5.91 Å². The van der Waals surface area contributed by atoms with E-state index in [9.17, 15) is 18.4 Å². The molecule has 0 aliphatic carbocycles. The van der Waals surface area contributed by atoms with Crippen molar-refractivity contribution in [2.45, 2.75) is 24.3 Å². The second kappa shape index (κ2) is 9.80. The summed E-state index contributed by atoms with van der Waals surface area (Å²) in [5.41, 5.74) is 0.0213. The van der Waals surface area contributed by atoms with Gasteiger partial charge in [0.1, 0.15) is 12.4 Å². The highest BCUT2D eigenvalue weighted by atomic mass is 32.2. The molecular formula is C20H18F2N2O3S2. The lowest BCUT2D eigenvalue weighted by Gasteiger charge is -2.04. The fourth-order valence-electron chi connectivity index (χ4n) is 2.65. The van der Waals surface area contributed by atoms with Gasteiger partial charge < -0.3 is 9.30 Å². The number of carbonyl (C=O) groups excluding carboxylic acids is 2. The SMILES string of the molecule is COC(=O)Cn1c(=NC(=O)CCCSc2ccccc2)sc2cc(F)cc(F)c21. The van der Waals surface area contributed by atoms with Crippen molar-refractivity contribution in [3.05, 3.63) is 58.9 Å². The van der Waals surface area contributed by atoms with E-state index in [1.807, 2.05) is 30.3 Å². The molecule has 152 valence electrons. The Kier molecular flexibility index (Phi) is 7.16. The summed E-state index contributed by atoms with van der Waals surface area (Å²) in [5, 5.41) is 0. The molecule has 0 saturated heterocycles. The van der Waals surface area contributed by atoms with Crippen molar-refractivity contribution >= 4 is 45.2 Å². The van der Waals surface area contributed by atoms with Crippen LogP contribution in [-0.2, 0) is 20.9 Å². The number of aromatic nitrogens is 1. The number of carbonyl (C=O) groups is 2. The van der Waals surface area contributed by atoms with Crippen LogP contribution in [-0.4, -0.2) is 29.3 Å². The van der Waals surface area contributed by atoms with Crippen molar-refractivity contribution in [1.29, 1.82) is 0 Å². The number of esters is 1. The third-order valence-electron chi connectivity index (χ3n) is 3.98. The molecule has 2 aromatic carbocycles. The maximum Gasteiger partial charge on any atom is 0.325 e. The van der Waals surface area contributed by atoms with Gasteiger partial charge in [-0.25, -0.2) is 8.78 Å². The molecular weight excluding hydrogens is 418 g/mol. The number of fused-ring (bicyclic) bond motifs is 1. The summed E-state index contributed by atoms with van der Waals surface area (Å²) in [6.45, 7) is -0.324. The first kappa shape index (κ1) is 21.2. The zero-order chi connectivity index (χ0) is 20.8. The minimum absolute atomic E-state index is 0.0213. The highest BCUT2D eigenvalue weighted by Crippen LogP contribution is 2.23. The summed E-state index contributed by atoms with van der Waals surface area (Å²) in [4.78, 5) is 29.3. The Labute approximate surface area is 174 Å². The Morgan fingerprint density at radius 1 is 1.21 bits per heavy atom. The largest absolute Gasteiger partial charge is 0.468 e. The highest BCUT2D eigenvalue weighted by molar-refractivity contribution is 7.99. The van der Waals surface area contributed by atoms with Crippen LogP contribution in [0.5, 0.6) is 0 Å². The van der Waals surface area contributed by atoms with E-state index in [0.29, 0.717) is 6.42 Å². The van der Waals surface area contributed by atoms with Gasteiger partial charge in [-0.05, 0) is 30.4 Å². The number of nitrogens with zero attached hydrogens (tertiary/aromatic N) is 2. The number of halogens is 2. The number of rotatable bonds is 7. The average molecular weight is 437 g/mol. The third-order valence-corrected chi connectivity index (χ3v) is 6.10. The van der Waals surface area contributed by atoms with Gasteiger partial charge in [-0.1, -0.05) is 29.5 Å². The quantitative estimate of drug-likeness (QED) is 0.317. The molecule has 0 atom stereocenters. The standard InChI is InChI=1S/C20H18F2N2O3S2/c1-27-18(26)12-24-19-15(22)10-13(21)11-16(19)29-20(24)23-17(25)8-5-9-28-14-6-3-2-4-7-14/h2-4,6-7,10-11H,5,8-9,12H2,1H3. The molecule has 9 heteroatoms. The fourth-order valence-corrected chi connectivity index (χ4v) is 4.61. The predicted molar refractivity (Wildman–Crippen MR) is 109 cm³/mol. The Bertz CT molecular complexity index is 1090. The first-order valence-electron chi connectivity index (χ1n) is 8.78. The molecule has 1 amide bonds.